The fourth-order valence-electron chi connectivity index (χ4n) is 1.35. The van der Waals surface area contributed by atoms with Gasteiger partial charge in [-0.3, -0.25) is 0 Å². The quantitative estimate of drug-likeness (QED) is 0.536. The molecule has 0 aliphatic carbocycles. The molecule has 2 aromatic rings. The van der Waals surface area contributed by atoms with E-state index in [1.807, 2.05) is 0 Å². The van der Waals surface area contributed by atoms with Gasteiger partial charge in [-0.15, -0.1) is 11.3 Å². The molecule has 2 aromatic heterocycles. The number of anilines is 1. The van der Waals surface area contributed by atoms with Crippen LogP contribution in [-0.2, 0) is 4.74 Å². The Bertz CT molecular complexity index is 660. The number of hydrogen-bond acceptors (Lipinski definition) is 6. The van der Waals surface area contributed by atoms with Crippen LogP contribution in [0, 0.1) is 0 Å². The van der Waals surface area contributed by atoms with E-state index in [-0.39, 0.29) is 5.15 Å². The number of hydrogen-bond donors (Lipinski definition) is 0. The summed E-state index contributed by atoms with van der Waals surface area (Å²) in [6, 6.07) is 1.63. The fourth-order valence-corrected chi connectivity index (χ4v) is 3.05. The first-order chi connectivity index (χ1) is 10.3. The number of halogens is 2. The van der Waals surface area contributed by atoms with E-state index >= 15 is 0 Å². The van der Waals surface area contributed by atoms with Crippen molar-refractivity contribution in [1.29, 1.82) is 0 Å². The number of nitrogens with zero attached hydrogens (tertiary/aromatic N) is 3. The lowest BCUT2D eigenvalue weighted by Gasteiger charge is -2.25. The van der Waals surface area contributed by atoms with Crippen molar-refractivity contribution in [3.8, 4) is 0 Å². The first-order valence-electron chi connectivity index (χ1n) is 6.16. The standard InChI is InChI=1S/C13H13Cl2N3O2S2/c1-13(2,3)20-12(19)18(10-6-21-7-17-10)22-8-4-9(14)11(15)16-5-8/h4-7H,1-3H3. The van der Waals surface area contributed by atoms with Crippen LogP contribution in [-0.4, -0.2) is 21.7 Å². The van der Waals surface area contributed by atoms with E-state index in [1.165, 1.54) is 21.8 Å². The van der Waals surface area contributed by atoms with Crippen LogP contribution in [0.15, 0.2) is 28.0 Å². The van der Waals surface area contributed by atoms with Gasteiger partial charge in [0.05, 0.1) is 10.5 Å². The maximum absolute atomic E-state index is 12.4. The van der Waals surface area contributed by atoms with Crippen molar-refractivity contribution < 1.29 is 9.53 Å². The third-order valence-corrected chi connectivity index (χ3v) is 4.37. The predicted molar refractivity (Wildman–Crippen MR) is 90.9 cm³/mol. The highest BCUT2D eigenvalue weighted by Crippen LogP contribution is 2.32. The van der Waals surface area contributed by atoms with Crippen molar-refractivity contribution in [2.45, 2.75) is 31.3 Å². The first kappa shape index (κ1) is 17.3. The van der Waals surface area contributed by atoms with Crippen molar-refractivity contribution in [2.75, 3.05) is 4.31 Å². The Morgan fingerprint density at radius 1 is 1.36 bits per heavy atom. The second-order valence-corrected chi connectivity index (χ2v) is 7.66. The van der Waals surface area contributed by atoms with Crippen molar-refractivity contribution in [1.82, 2.24) is 9.97 Å². The zero-order valence-corrected chi connectivity index (χ0v) is 15.2. The Morgan fingerprint density at radius 2 is 2.09 bits per heavy atom. The molecule has 2 heterocycles. The minimum Gasteiger partial charge on any atom is -0.443 e. The summed E-state index contributed by atoms with van der Waals surface area (Å²) in [6.45, 7) is 5.40. The molecule has 0 spiro atoms. The molecule has 0 bridgehead atoms. The molecule has 118 valence electrons. The average molecular weight is 378 g/mol. The van der Waals surface area contributed by atoms with Crippen LogP contribution in [0.3, 0.4) is 0 Å². The molecule has 0 radical (unpaired) electrons. The average Bonchev–Trinajstić information content (AvgIpc) is 2.91. The Morgan fingerprint density at radius 3 is 2.64 bits per heavy atom. The molecule has 2 rings (SSSR count). The van der Waals surface area contributed by atoms with E-state index in [4.69, 9.17) is 27.9 Å². The van der Waals surface area contributed by atoms with Gasteiger partial charge in [-0.05, 0) is 26.8 Å². The Labute approximate surface area is 146 Å². The SMILES string of the molecule is CC(C)(C)OC(=O)N(Sc1cnc(Cl)c(Cl)c1)c1cscn1. The number of amides is 1. The summed E-state index contributed by atoms with van der Waals surface area (Å²) in [6.07, 6.45) is 1.01. The van der Waals surface area contributed by atoms with Crippen molar-refractivity contribution in [3.05, 3.63) is 33.3 Å². The van der Waals surface area contributed by atoms with Gasteiger partial charge in [0.2, 0.25) is 0 Å². The topological polar surface area (TPSA) is 55.3 Å². The van der Waals surface area contributed by atoms with Crippen LogP contribution in [0.25, 0.3) is 0 Å². The van der Waals surface area contributed by atoms with Crippen LogP contribution in [0.5, 0.6) is 0 Å². The van der Waals surface area contributed by atoms with Gasteiger partial charge in [0.15, 0.2) is 5.82 Å². The van der Waals surface area contributed by atoms with Crippen molar-refractivity contribution in [2.24, 2.45) is 0 Å². The van der Waals surface area contributed by atoms with Crippen LogP contribution >= 0.6 is 46.5 Å². The van der Waals surface area contributed by atoms with Gasteiger partial charge in [0, 0.05) is 28.4 Å². The number of pyridine rings is 1. The summed E-state index contributed by atoms with van der Waals surface area (Å²) in [7, 11) is 0. The molecule has 0 saturated heterocycles. The van der Waals surface area contributed by atoms with Crippen LogP contribution in [0.1, 0.15) is 20.8 Å². The molecule has 9 heteroatoms. The number of thiazole rings is 1. The molecule has 0 unspecified atom stereocenters. The summed E-state index contributed by atoms with van der Waals surface area (Å²) in [4.78, 5) is 21.1. The minimum atomic E-state index is -0.609. The fraction of sp³-hybridized carbons (Fsp3) is 0.308. The third kappa shape index (κ3) is 4.74. The zero-order chi connectivity index (χ0) is 16.3. The Balaban J connectivity index is 2.25. The van der Waals surface area contributed by atoms with Crippen LogP contribution in [0.2, 0.25) is 10.2 Å². The van der Waals surface area contributed by atoms with Crippen molar-refractivity contribution >= 4 is 58.4 Å². The Hall–Kier alpha value is -1.02. The molecule has 0 aromatic carbocycles. The van der Waals surface area contributed by atoms with Gasteiger partial charge in [-0.1, -0.05) is 23.2 Å². The normalized spacial score (nSPS) is 11.3. The van der Waals surface area contributed by atoms with Gasteiger partial charge < -0.3 is 4.74 Å². The number of ether oxygens (including phenoxy) is 1. The van der Waals surface area contributed by atoms with Crippen LogP contribution < -0.4 is 4.31 Å². The third-order valence-electron chi connectivity index (χ3n) is 2.15. The molecule has 1 amide bonds. The summed E-state index contributed by atoms with van der Waals surface area (Å²) in [5.74, 6) is 0.482. The Kier molecular flexibility index (Phi) is 5.55. The van der Waals surface area contributed by atoms with E-state index in [1.54, 1.807) is 37.7 Å². The molecule has 0 aliphatic rings. The number of rotatable bonds is 3. The van der Waals surface area contributed by atoms with Crippen molar-refractivity contribution in [3.63, 3.8) is 0 Å². The van der Waals surface area contributed by atoms with E-state index < -0.39 is 11.7 Å². The van der Waals surface area contributed by atoms with E-state index in [2.05, 4.69) is 9.97 Å². The first-order valence-corrected chi connectivity index (χ1v) is 8.64. The van der Waals surface area contributed by atoms with E-state index in [0.29, 0.717) is 15.7 Å². The molecule has 0 saturated carbocycles. The highest BCUT2D eigenvalue weighted by Gasteiger charge is 2.26. The van der Waals surface area contributed by atoms with Gasteiger partial charge in [-0.2, -0.15) is 4.31 Å². The van der Waals surface area contributed by atoms with Crippen LogP contribution in [0.4, 0.5) is 10.6 Å². The summed E-state index contributed by atoms with van der Waals surface area (Å²) < 4.78 is 6.75. The van der Waals surface area contributed by atoms with Gasteiger partial charge in [-0.25, -0.2) is 14.8 Å². The lowest BCUT2D eigenvalue weighted by molar-refractivity contribution is 0.0611. The predicted octanol–water partition coefficient (Wildman–Crippen LogP) is 5.29. The lowest BCUT2D eigenvalue weighted by atomic mass is 10.2. The number of aromatic nitrogens is 2. The van der Waals surface area contributed by atoms with Gasteiger partial charge in [0.1, 0.15) is 10.8 Å². The van der Waals surface area contributed by atoms with Gasteiger partial charge >= 0.3 is 6.09 Å². The second-order valence-electron chi connectivity index (χ2n) is 5.16. The summed E-state index contributed by atoms with van der Waals surface area (Å²) in [5, 5.41) is 2.28. The summed E-state index contributed by atoms with van der Waals surface area (Å²) >= 11 is 14.2. The number of carbonyl (C=O) groups is 1. The molecule has 22 heavy (non-hydrogen) atoms. The molecule has 0 atom stereocenters. The smallest absolute Gasteiger partial charge is 0.426 e. The number of carbonyl (C=O) groups excluding carboxylic acids is 1. The molecule has 0 aliphatic heterocycles. The van der Waals surface area contributed by atoms with Gasteiger partial charge in [0.25, 0.3) is 0 Å². The highest BCUT2D eigenvalue weighted by atomic mass is 35.5. The largest absolute Gasteiger partial charge is 0.443 e. The van der Waals surface area contributed by atoms with E-state index in [0.717, 1.165) is 11.9 Å². The van der Waals surface area contributed by atoms with E-state index in [9.17, 15) is 4.79 Å². The molecular weight excluding hydrogens is 365 g/mol. The second kappa shape index (κ2) is 7.04. The lowest BCUT2D eigenvalue weighted by Crippen LogP contribution is -2.32. The summed E-state index contributed by atoms with van der Waals surface area (Å²) in [5.41, 5.74) is 1.03. The molecule has 0 N–H and O–H groups in total. The molecule has 5 nitrogen and oxygen atoms in total. The minimum absolute atomic E-state index is 0.212. The monoisotopic (exact) mass is 377 g/mol. The highest BCUT2D eigenvalue weighted by molar-refractivity contribution is 8.01. The zero-order valence-electron chi connectivity index (χ0n) is 12.0. The maximum atomic E-state index is 12.4. The maximum Gasteiger partial charge on any atom is 0.426 e. The molecule has 0 fully saturated rings. The molecular formula is C13H13Cl2N3O2S2.